The molecule has 0 aromatic carbocycles. The summed E-state index contributed by atoms with van der Waals surface area (Å²) in [7, 11) is 0. The van der Waals surface area contributed by atoms with Crippen LogP contribution >= 0.6 is 0 Å². The molecule has 2 amide bonds. The second kappa shape index (κ2) is 9.21. The smallest absolute Gasteiger partial charge is 0.330 e. The van der Waals surface area contributed by atoms with E-state index < -0.39 is 5.97 Å². The number of hydrogen-bond acceptors (Lipinski definition) is 3. The van der Waals surface area contributed by atoms with Crippen molar-refractivity contribution in [1.82, 2.24) is 10.2 Å². The number of rotatable bonds is 8. The minimum absolute atomic E-state index is 0.118. The quantitative estimate of drug-likeness (QED) is 0.298. The van der Waals surface area contributed by atoms with E-state index >= 15 is 0 Å². The van der Waals surface area contributed by atoms with Gasteiger partial charge in [0.15, 0.2) is 0 Å². The highest BCUT2D eigenvalue weighted by molar-refractivity contribution is 5.81. The van der Waals surface area contributed by atoms with Crippen LogP contribution in [-0.4, -0.2) is 43.1 Å². The Hall–Kier alpha value is -2.04. The van der Waals surface area contributed by atoms with Gasteiger partial charge >= 0.3 is 12.0 Å². The normalized spacial score (nSPS) is 8.94. The predicted molar refractivity (Wildman–Crippen MR) is 66.5 cm³/mol. The molecule has 5 nitrogen and oxygen atoms in total. The summed E-state index contributed by atoms with van der Waals surface area (Å²) in [6.07, 6.45) is 4.32. The van der Waals surface area contributed by atoms with Gasteiger partial charge in [-0.1, -0.05) is 18.7 Å². The number of carbonyl (C=O) groups excluding carboxylic acids is 2. The van der Waals surface area contributed by atoms with Crippen molar-refractivity contribution < 1.29 is 14.3 Å². The number of nitrogens with one attached hydrogen (secondary N) is 1. The van der Waals surface area contributed by atoms with Crippen LogP contribution in [0.1, 0.15) is 0 Å². The molecule has 0 fully saturated rings. The maximum absolute atomic E-state index is 11.6. The Morgan fingerprint density at radius 3 is 2.24 bits per heavy atom. The third-order valence-electron chi connectivity index (χ3n) is 1.78. The first kappa shape index (κ1) is 15.0. The lowest BCUT2D eigenvalue weighted by Crippen LogP contribution is -2.41. The zero-order valence-corrected chi connectivity index (χ0v) is 9.85. The summed E-state index contributed by atoms with van der Waals surface area (Å²) in [5.41, 5.74) is 0. The van der Waals surface area contributed by atoms with Gasteiger partial charge in [0.2, 0.25) is 0 Å². The van der Waals surface area contributed by atoms with E-state index in [1.807, 2.05) is 0 Å². The van der Waals surface area contributed by atoms with Crippen molar-refractivity contribution in [2.24, 2.45) is 0 Å². The number of esters is 1. The number of carbonyl (C=O) groups is 2. The number of nitrogens with zero attached hydrogens (tertiary/aromatic N) is 1. The summed E-state index contributed by atoms with van der Waals surface area (Å²) in [5, 5.41) is 2.61. The van der Waals surface area contributed by atoms with Crippen LogP contribution in [0.25, 0.3) is 0 Å². The van der Waals surface area contributed by atoms with Crippen LogP contribution in [-0.2, 0) is 9.53 Å². The molecule has 5 heteroatoms. The summed E-state index contributed by atoms with van der Waals surface area (Å²) in [6, 6.07) is -0.251. The van der Waals surface area contributed by atoms with E-state index in [9.17, 15) is 9.59 Å². The minimum atomic E-state index is -0.506. The first-order chi connectivity index (χ1) is 8.15. The molecule has 0 aliphatic rings. The molecular formula is C12H18N2O3. The van der Waals surface area contributed by atoms with Crippen molar-refractivity contribution in [3.63, 3.8) is 0 Å². The molecule has 0 aromatic heterocycles. The van der Waals surface area contributed by atoms with E-state index in [1.54, 1.807) is 12.2 Å². The van der Waals surface area contributed by atoms with Crippen molar-refractivity contribution in [3.05, 3.63) is 38.0 Å². The average molecular weight is 238 g/mol. The van der Waals surface area contributed by atoms with Gasteiger partial charge in [-0.15, -0.1) is 13.2 Å². The highest BCUT2D eigenvalue weighted by atomic mass is 16.5. The van der Waals surface area contributed by atoms with E-state index in [2.05, 4.69) is 25.1 Å². The van der Waals surface area contributed by atoms with Crippen molar-refractivity contribution in [3.8, 4) is 0 Å². The van der Waals surface area contributed by atoms with Crippen LogP contribution in [0.4, 0.5) is 4.79 Å². The van der Waals surface area contributed by atoms with E-state index in [-0.39, 0.29) is 19.2 Å². The number of hydrogen-bond donors (Lipinski definition) is 1. The van der Waals surface area contributed by atoms with Crippen molar-refractivity contribution in [2.45, 2.75) is 0 Å². The highest BCUT2D eigenvalue weighted by Gasteiger charge is 2.09. The zero-order valence-electron chi connectivity index (χ0n) is 9.85. The Morgan fingerprint density at radius 2 is 1.76 bits per heavy atom. The van der Waals surface area contributed by atoms with Gasteiger partial charge in [0.25, 0.3) is 0 Å². The van der Waals surface area contributed by atoms with E-state index in [0.29, 0.717) is 13.1 Å². The lowest BCUT2D eigenvalue weighted by Gasteiger charge is -2.19. The van der Waals surface area contributed by atoms with Gasteiger partial charge in [0.05, 0.1) is 6.54 Å². The number of urea groups is 1. The Bertz CT molecular complexity index is 290. The number of amides is 2. The van der Waals surface area contributed by atoms with Crippen LogP contribution in [0, 0.1) is 0 Å². The molecule has 0 spiro atoms. The molecule has 0 radical (unpaired) electrons. The SMILES string of the molecule is C=CCN(CC=C)C(=O)NCCOC(=O)C=C. The van der Waals surface area contributed by atoms with Gasteiger partial charge in [0, 0.05) is 19.2 Å². The van der Waals surface area contributed by atoms with Gasteiger partial charge < -0.3 is 15.0 Å². The first-order valence-electron chi connectivity index (χ1n) is 5.19. The van der Waals surface area contributed by atoms with Gasteiger partial charge in [-0.25, -0.2) is 9.59 Å². The predicted octanol–water partition coefficient (Wildman–Crippen LogP) is 1.10. The first-order valence-corrected chi connectivity index (χ1v) is 5.19. The van der Waals surface area contributed by atoms with Crippen molar-refractivity contribution >= 4 is 12.0 Å². The second-order valence-corrected chi connectivity index (χ2v) is 3.09. The molecule has 94 valence electrons. The fourth-order valence-electron chi connectivity index (χ4n) is 1.03. The summed E-state index contributed by atoms with van der Waals surface area (Å²) in [4.78, 5) is 23.8. The van der Waals surface area contributed by atoms with Crippen LogP contribution in [0.2, 0.25) is 0 Å². The zero-order chi connectivity index (χ0) is 13.1. The summed E-state index contributed by atoms with van der Waals surface area (Å²) in [5.74, 6) is -0.506. The maximum Gasteiger partial charge on any atom is 0.330 e. The topological polar surface area (TPSA) is 58.6 Å². The van der Waals surface area contributed by atoms with Crippen LogP contribution in [0.3, 0.4) is 0 Å². The fraction of sp³-hybridized carbons (Fsp3) is 0.333. The third-order valence-corrected chi connectivity index (χ3v) is 1.78. The van der Waals surface area contributed by atoms with Crippen LogP contribution in [0.5, 0.6) is 0 Å². The molecule has 0 saturated carbocycles. The summed E-state index contributed by atoms with van der Waals surface area (Å²) in [6.45, 7) is 11.6. The molecule has 17 heavy (non-hydrogen) atoms. The van der Waals surface area contributed by atoms with Crippen LogP contribution in [0.15, 0.2) is 38.0 Å². The largest absolute Gasteiger partial charge is 0.461 e. The lowest BCUT2D eigenvalue weighted by molar-refractivity contribution is -0.137. The Labute approximate surface area is 101 Å². The van der Waals surface area contributed by atoms with E-state index in [1.165, 1.54) is 4.90 Å². The molecule has 0 aromatic rings. The lowest BCUT2D eigenvalue weighted by atomic mass is 10.4. The Kier molecular flexibility index (Phi) is 8.10. The fourth-order valence-corrected chi connectivity index (χ4v) is 1.03. The summed E-state index contributed by atoms with van der Waals surface area (Å²) >= 11 is 0. The standard InChI is InChI=1S/C12H18N2O3/c1-4-8-14(9-5-2)12(16)13-7-10-17-11(15)6-3/h4-6H,1-3,7-10H2,(H,13,16). The van der Waals surface area contributed by atoms with Gasteiger partial charge in [0.1, 0.15) is 6.61 Å². The highest BCUT2D eigenvalue weighted by Crippen LogP contribution is 1.90. The molecule has 0 aliphatic carbocycles. The molecule has 0 aliphatic heterocycles. The monoisotopic (exact) mass is 238 g/mol. The van der Waals surface area contributed by atoms with Crippen molar-refractivity contribution in [1.29, 1.82) is 0 Å². The second-order valence-electron chi connectivity index (χ2n) is 3.09. The average Bonchev–Trinajstić information content (AvgIpc) is 2.33. The maximum atomic E-state index is 11.6. The molecule has 0 atom stereocenters. The van der Waals surface area contributed by atoms with E-state index in [4.69, 9.17) is 4.74 Å². The Balaban J connectivity index is 3.88. The molecule has 0 heterocycles. The van der Waals surface area contributed by atoms with Gasteiger partial charge in [-0.05, 0) is 0 Å². The van der Waals surface area contributed by atoms with Gasteiger partial charge in [-0.3, -0.25) is 0 Å². The molecule has 0 unspecified atom stereocenters. The van der Waals surface area contributed by atoms with Crippen LogP contribution < -0.4 is 5.32 Å². The Morgan fingerprint density at radius 1 is 1.18 bits per heavy atom. The molecule has 0 bridgehead atoms. The number of ether oxygens (including phenoxy) is 1. The summed E-state index contributed by atoms with van der Waals surface area (Å²) < 4.78 is 4.71. The molecule has 1 N–H and O–H groups in total. The minimum Gasteiger partial charge on any atom is -0.461 e. The van der Waals surface area contributed by atoms with Crippen molar-refractivity contribution in [2.75, 3.05) is 26.2 Å². The molecular weight excluding hydrogens is 220 g/mol. The molecule has 0 rings (SSSR count). The third kappa shape index (κ3) is 6.94. The molecule has 0 saturated heterocycles. The van der Waals surface area contributed by atoms with E-state index in [0.717, 1.165) is 6.08 Å². The van der Waals surface area contributed by atoms with Gasteiger partial charge in [-0.2, -0.15) is 0 Å².